The molecule has 1 atom stereocenters. The molecule has 0 aromatic heterocycles. The first-order valence-electron chi connectivity index (χ1n) is 4.50. The van der Waals surface area contributed by atoms with Crippen LogP contribution in [0.4, 0.5) is 0 Å². The van der Waals surface area contributed by atoms with Gasteiger partial charge in [-0.05, 0) is 25.0 Å². The molecule has 0 amide bonds. The van der Waals surface area contributed by atoms with E-state index in [1.807, 2.05) is 0 Å². The highest BCUT2D eigenvalue weighted by molar-refractivity contribution is 5.38. The molecule has 0 spiro atoms. The largest absolute Gasteiger partial charge is 0.371 e. The minimum absolute atomic E-state index is 0.336. The molecule has 0 saturated carbocycles. The monoisotopic (exact) mass is 162 g/mol. The van der Waals surface area contributed by atoms with Crippen LogP contribution in [0, 0.1) is 0 Å². The standard InChI is InChI=1S/C11H14O/c1-8(2)12-11-7-9-5-3-4-6-10(9)11/h3-6,8,11H,7H2,1-2H3. The number of ether oxygens (including phenoxy) is 1. The quantitative estimate of drug-likeness (QED) is 0.649. The zero-order valence-corrected chi connectivity index (χ0v) is 7.58. The van der Waals surface area contributed by atoms with Crippen molar-refractivity contribution in [3.8, 4) is 0 Å². The molecule has 0 aliphatic heterocycles. The van der Waals surface area contributed by atoms with Crippen LogP contribution in [0.15, 0.2) is 24.3 Å². The van der Waals surface area contributed by atoms with Crippen LogP contribution in [-0.4, -0.2) is 6.10 Å². The summed E-state index contributed by atoms with van der Waals surface area (Å²) in [4.78, 5) is 0. The summed E-state index contributed by atoms with van der Waals surface area (Å²) in [6, 6.07) is 8.50. The fourth-order valence-corrected chi connectivity index (χ4v) is 1.66. The van der Waals surface area contributed by atoms with Crippen molar-refractivity contribution in [2.24, 2.45) is 0 Å². The second-order valence-corrected chi connectivity index (χ2v) is 3.58. The molecule has 2 rings (SSSR count). The molecule has 0 bridgehead atoms. The topological polar surface area (TPSA) is 9.23 Å². The Balaban J connectivity index is 2.10. The first kappa shape index (κ1) is 7.81. The van der Waals surface area contributed by atoms with Gasteiger partial charge in [-0.1, -0.05) is 24.3 Å². The van der Waals surface area contributed by atoms with E-state index in [0.717, 1.165) is 6.42 Å². The van der Waals surface area contributed by atoms with Gasteiger partial charge in [-0.15, -0.1) is 0 Å². The number of hydrogen-bond acceptors (Lipinski definition) is 1. The minimum atomic E-state index is 0.336. The lowest BCUT2D eigenvalue weighted by Gasteiger charge is -2.31. The van der Waals surface area contributed by atoms with Gasteiger partial charge in [0.2, 0.25) is 0 Å². The minimum Gasteiger partial charge on any atom is -0.371 e. The van der Waals surface area contributed by atoms with Gasteiger partial charge in [-0.25, -0.2) is 0 Å². The maximum atomic E-state index is 5.71. The molecule has 0 N–H and O–H groups in total. The lowest BCUT2D eigenvalue weighted by Crippen LogP contribution is -2.22. The Labute approximate surface area is 73.4 Å². The summed E-state index contributed by atoms with van der Waals surface area (Å²) in [5, 5.41) is 0. The molecule has 0 fully saturated rings. The Kier molecular flexibility index (Phi) is 1.89. The molecule has 0 saturated heterocycles. The predicted octanol–water partition coefficient (Wildman–Crippen LogP) is 2.71. The van der Waals surface area contributed by atoms with Crippen LogP contribution in [-0.2, 0) is 11.2 Å². The van der Waals surface area contributed by atoms with Gasteiger partial charge in [0.1, 0.15) is 0 Å². The van der Waals surface area contributed by atoms with Crippen LogP contribution in [0.5, 0.6) is 0 Å². The Morgan fingerprint density at radius 3 is 2.75 bits per heavy atom. The van der Waals surface area contributed by atoms with Crippen molar-refractivity contribution >= 4 is 0 Å². The predicted molar refractivity (Wildman–Crippen MR) is 49.1 cm³/mol. The third-order valence-electron chi connectivity index (χ3n) is 2.24. The van der Waals surface area contributed by atoms with Crippen molar-refractivity contribution in [3.05, 3.63) is 35.4 Å². The summed E-state index contributed by atoms with van der Waals surface area (Å²) in [6.45, 7) is 4.17. The molecule has 1 aliphatic rings. The van der Waals surface area contributed by atoms with Crippen molar-refractivity contribution in [1.82, 2.24) is 0 Å². The molecule has 1 aliphatic carbocycles. The molecule has 12 heavy (non-hydrogen) atoms. The third-order valence-corrected chi connectivity index (χ3v) is 2.24. The van der Waals surface area contributed by atoms with E-state index in [1.165, 1.54) is 11.1 Å². The maximum absolute atomic E-state index is 5.71. The number of hydrogen-bond donors (Lipinski definition) is 0. The van der Waals surface area contributed by atoms with Crippen molar-refractivity contribution in [3.63, 3.8) is 0 Å². The van der Waals surface area contributed by atoms with Crippen molar-refractivity contribution in [1.29, 1.82) is 0 Å². The second-order valence-electron chi connectivity index (χ2n) is 3.58. The molecule has 1 nitrogen and oxygen atoms in total. The molecule has 0 heterocycles. The van der Waals surface area contributed by atoms with E-state index in [2.05, 4.69) is 38.1 Å². The van der Waals surface area contributed by atoms with E-state index >= 15 is 0 Å². The average molecular weight is 162 g/mol. The molecule has 1 aromatic carbocycles. The average Bonchev–Trinajstić information content (AvgIpc) is 2.00. The normalized spacial score (nSPS) is 20.4. The van der Waals surface area contributed by atoms with E-state index in [0.29, 0.717) is 12.2 Å². The van der Waals surface area contributed by atoms with Gasteiger partial charge < -0.3 is 4.74 Å². The fraction of sp³-hybridized carbons (Fsp3) is 0.455. The SMILES string of the molecule is CC(C)OC1Cc2ccccc21. The third kappa shape index (κ3) is 1.25. The molecule has 0 radical (unpaired) electrons. The van der Waals surface area contributed by atoms with E-state index in [4.69, 9.17) is 4.74 Å². The lowest BCUT2D eigenvalue weighted by molar-refractivity contribution is -0.00666. The van der Waals surface area contributed by atoms with Gasteiger partial charge in [-0.2, -0.15) is 0 Å². The zero-order valence-electron chi connectivity index (χ0n) is 7.58. The zero-order chi connectivity index (χ0) is 8.55. The number of rotatable bonds is 2. The van der Waals surface area contributed by atoms with Crippen molar-refractivity contribution in [2.75, 3.05) is 0 Å². The Hall–Kier alpha value is -0.820. The summed E-state index contributed by atoms with van der Waals surface area (Å²) in [5.74, 6) is 0. The summed E-state index contributed by atoms with van der Waals surface area (Å²) in [6.07, 6.45) is 1.79. The van der Waals surface area contributed by atoms with Gasteiger partial charge in [0, 0.05) is 6.42 Å². The smallest absolute Gasteiger partial charge is 0.0871 e. The van der Waals surface area contributed by atoms with Crippen LogP contribution in [0.3, 0.4) is 0 Å². The van der Waals surface area contributed by atoms with E-state index in [1.54, 1.807) is 0 Å². The summed E-state index contributed by atoms with van der Waals surface area (Å²) in [5.41, 5.74) is 2.83. The van der Waals surface area contributed by atoms with E-state index < -0.39 is 0 Å². The fourth-order valence-electron chi connectivity index (χ4n) is 1.66. The Morgan fingerprint density at radius 1 is 1.33 bits per heavy atom. The van der Waals surface area contributed by atoms with Crippen LogP contribution in [0.2, 0.25) is 0 Å². The van der Waals surface area contributed by atoms with Gasteiger partial charge in [0.25, 0.3) is 0 Å². The number of fused-ring (bicyclic) bond motifs is 1. The van der Waals surface area contributed by atoms with E-state index in [-0.39, 0.29) is 0 Å². The molecule has 1 aromatic rings. The lowest BCUT2D eigenvalue weighted by atomic mass is 9.85. The van der Waals surface area contributed by atoms with Crippen LogP contribution in [0.25, 0.3) is 0 Å². The van der Waals surface area contributed by atoms with Gasteiger partial charge in [0.05, 0.1) is 12.2 Å². The Bertz CT molecular complexity index is 278. The van der Waals surface area contributed by atoms with Crippen LogP contribution < -0.4 is 0 Å². The van der Waals surface area contributed by atoms with Gasteiger partial charge in [-0.3, -0.25) is 0 Å². The van der Waals surface area contributed by atoms with E-state index in [9.17, 15) is 0 Å². The molecular formula is C11H14O. The first-order valence-corrected chi connectivity index (χ1v) is 4.50. The maximum Gasteiger partial charge on any atom is 0.0871 e. The van der Waals surface area contributed by atoms with Crippen molar-refractivity contribution < 1.29 is 4.74 Å². The summed E-state index contributed by atoms with van der Waals surface area (Å²) < 4.78 is 5.71. The molecule has 1 heteroatoms. The highest BCUT2D eigenvalue weighted by Crippen LogP contribution is 2.36. The molecule has 64 valence electrons. The molecule has 1 unspecified atom stereocenters. The molecular weight excluding hydrogens is 148 g/mol. The number of benzene rings is 1. The van der Waals surface area contributed by atoms with Crippen LogP contribution in [0.1, 0.15) is 31.1 Å². The summed E-state index contributed by atoms with van der Waals surface area (Å²) >= 11 is 0. The van der Waals surface area contributed by atoms with Gasteiger partial charge >= 0.3 is 0 Å². The Morgan fingerprint density at radius 2 is 2.08 bits per heavy atom. The van der Waals surface area contributed by atoms with Gasteiger partial charge in [0.15, 0.2) is 0 Å². The highest BCUT2D eigenvalue weighted by atomic mass is 16.5. The first-order chi connectivity index (χ1) is 5.77. The van der Waals surface area contributed by atoms with Crippen LogP contribution >= 0.6 is 0 Å². The second kappa shape index (κ2) is 2.91. The summed E-state index contributed by atoms with van der Waals surface area (Å²) in [7, 11) is 0. The highest BCUT2D eigenvalue weighted by Gasteiger charge is 2.26. The van der Waals surface area contributed by atoms with Crippen molar-refractivity contribution in [2.45, 2.75) is 32.5 Å².